The van der Waals surface area contributed by atoms with E-state index in [-0.39, 0.29) is 11.5 Å². The second-order valence-electron chi connectivity index (χ2n) is 7.99. The number of aromatic nitrogens is 2. The zero-order chi connectivity index (χ0) is 22.2. The summed E-state index contributed by atoms with van der Waals surface area (Å²) in [4.78, 5) is 30.8. The summed E-state index contributed by atoms with van der Waals surface area (Å²) in [6, 6.07) is 16.4. The minimum Gasteiger partial charge on any atom is -0.478 e. The van der Waals surface area contributed by atoms with E-state index in [2.05, 4.69) is 4.98 Å². The summed E-state index contributed by atoms with van der Waals surface area (Å²) in [5, 5.41) is 9.88. The molecule has 1 amide bonds. The van der Waals surface area contributed by atoms with Gasteiger partial charge in [0.2, 0.25) is 0 Å². The van der Waals surface area contributed by atoms with Crippen LogP contribution in [0.5, 0.6) is 0 Å². The fourth-order valence-corrected chi connectivity index (χ4v) is 4.36. The summed E-state index contributed by atoms with van der Waals surface area (Å²) >= 11 is 6.08. The van der Waals surface area contributed by atoms with Crippen LogP contribution in [0.15, 0.2) is 67.0 Å². The number of rotatable bonds is 4. The molecule has 0 aliphatic carbocycles. The SMILES string of the molecule is O=C(O)c1ccc2c(c1)CCN(C(=O)c1ccn3cc(Cc4cccc(Cl)c4)nc3c1)C2. The number of carboxylic acid groups (broad SMARTS) is 1. The average molecular weight is 446 g/mol. The number of imidazole rings is 1. The number of carboxylic acids is 1. The van der Waals surface area contributed by atoms with Crippen molar-refractivity contribution in [3.05, 3.63) is 106 Å². The Morgan fingerprint density at radius 1 is 1.03 bits per heavy atom. The van der Waals surface area contributed by atoms with Gasteiger partial charge in [0.15, 0.2) is 0 Å². The van der Waals surface area contributed by atoms with E-state index in [0.29, 0.717) is 36.5 Å². The van der Waals surface area contributed by atoms with Crippen LogP contribution in [0.4, 0.5) is 0 Å². The maximum Gasteiger partial charge on any atom is 0.335 e. The maximum atomic E-state index is 13.1. The van der Waals surface area contributed by atoms with Crippen molar-refractivity contribution in [2.75, 3.05) is 6.54 Å². The number of carbonyl (C=O) groups excluding carboxylic acids is 1. The van der Waals surface area contributed by atoms with Crippen LogP contribution in [0.3, 0.4) is 0 Å². The molecule has 0 fully saturated rings. The van der Waals surface area contributed by atoms with Crippen molar-refractivity contribution in [3.63, 3.8) is 0 Å². The summed E-state index contributed by atoms with van der Waals surface area (Å²) < 4.78 is 1.91. The number of hydrogen-bond acceptors (Lipinski definition) is 3. The highest BCUT2D eigenvalue weighted by atomic mass is 35.5. The van der Waals surface area contributed by atoms with E-state index in [1.807, 2.05) is 53.2 Å². The first-order valence-electron chi connectivity index (χ1n) is 10.3. The Morgan fingerprint density at radius 2 is 1.91 bits per heavy atom. The largest absolute Gasteiger partial charge is 0.478 e. The number of halogens is 1. The molecular weight excluding hydrogens is 426 g/mol. The molecular formula is C25H20ClN3O3. The van der Waals surface area contributed by atoms with Gasteiger partial charge in [-0.3, -0.25) is 4.79 Å². The topological polar surface area (TPSA) is 74.9 Å². The van der Waals surface area contributed by atoms with Gasteiger partial charge in [-0.15, -0.1) is 0 Å². The van der Waals surface area contributed by atoms with Gasteiger partial charge in [0.05, 0.1) is 11.3 Å². The van der Waals surface area contributed by atoms with Crippen LogP contribution in [0.1, 0.15) is 43.1 Å². The Labute approximate surface area is 189 Å². The first kappa shape index (κ1) is 20.3. The first-order chi connectivity index (χ1) is 15.5. The Morgan fingerprint density at radius 3 is 2.72 bits per heavy atom. The molecule has 32 heavy (non-hydrogen) atoms. The maximum absolute atomic E-state index is 13.1. The van der Waals surface area contributed by atoms with Gasteiger partial charge in [0.1, 0.15) is 5.65 Å². The number of pyridine rings is 1. The van der Waals surface area contributed by atoms with Crippen LogP contribution in [0.25, 0.3) is 5.65 Å². The molecule has 0 radical (unpaired) electrons. The van der Waals surface area contributed by atoms with Crippen molar-refractivity contribution in [3.8, 4) is 0 Å². The summed E-state index contributed by atoms with van der Waals surface area (Å²) in [7, 11) is 0. The van der Waals surface area contributed by atoms with Crippen molar-refractivity contribution in [1.29, 1.82) is 0 Å². The molecule has 0 spiro atoms. The van der Waals surface area contributed by atoms with Crippen molar-refractivity contribution in [2.24, 2.45) is 0 Å². The molecule has 0 atom stereocenters. The van der Waals surface area contributed by atoms with Gasteiger partial charge in [-0.05, 0) is 59.5 Å². The van der Waals surface area contributed by atoms with Crippen molar-refractivity contribution in [1.82, 2.24) is 14.3 Å². The molecule has 3 heterocycles. The lowest BCUT2D eigenvalue weighted by atomic mass is 9.97. The molecule has 1 aliphatic heterocycles. The zero-order valence-corrected chi connectivity index (χ0v) is 17.9. The quantitative estimate of drug-likeness (QED) is 0.502. The second-order valence-corrected chi connectivity index (χ2v) is 8.42. The Hall–Kier alpha value is -3.64. The van der Waals surface area contributed by atoms with Gasteiger partial charge >= 0.3 is 5.97 Å². The van der Waals surface area contributed by atoms with Gasteiger partial charge in [0, 0.05) is 42.5 Å². The van der Waals surface area contributed by atoms with E-state index in [4.69, 9.17) is 11.6 Å². The summed E-state index contributed by atoms with van der Waals surface area (Å²) in [5.74, 6) is -0.992. The Kier molecular flexibility index (Phi) is 5.15. The molecule has 6 nitrogen and oxygen atoms in total. The average Bonchev–Trinajstić information content (AvgIpc) is 3.19. The monoisotopic (exact) mass is 445 g/mol. The molecule has 2 aromatic carbocycles. The highest BCUT2D eigenvalue weighted by Crippen LogP contribution is 2.23. The normalized spacial score (nSPS) is 13.2. The van der Waals surface area contributed by atoms with E-state index >= 15 is 0 Å². The lowest BCUT2D eigenvalue weighted by molar-refractivity contribution is 0.0692. The second kappa shape index (κ2) is 8.13. The molecule has 7 heteroatoms. The molecule has 5 rings (SSSR count). The zero-order valence-electron chi connectivity index (χ0n) is 17.2. The molecule has 0 unspecified atom stereocenters. The van der Waals surface area contributed by atoms with E-state index in [0.717, 1.165) is 28.0 Å². The number of aromatic carboxylic acids is 1. The summed E-state index contributed by atoms with van der Waals surface area (Å²) in [6.45, 7) is 1.02. The molecule has 0 bridgehead atoms. The van der Waals surface area contributed by atoms with Crippen LogP contribution >= 0.6 is 11.6 Å². The Balaban J connectivity index is 1.35. The number of nitrogens with zero attached hydrogens (tertiary/aromatic N) is 3. The third-order valence-corrected chi connectivity index (χ3v) is 6.02. The standard InChI is InChI=1S/C25H20ClN3O3/c26-21-3-1-2-16(10-21)11-22-15-28-8-7-18(13-23(28)27-22)24(30)29-9-6-17-12-19(25(31)32)4-5-20(17)14-29/h1-5,7-8,10,12-13,15H,6,9,11,14H2,(H,31,32). The van der Waals surface area contributed by atoms with E-state index in [1.165, 1.54) is 0 Å². The van der Waals surface area contributed by atoms with Gasteiger partial charge < -0.3 is 14.4 Å². The van der Waals surface area contributed by atoms with Crippen molar-refractivity contribution in [2.45, 2.75) is 19.4 Å². The lowest BCUT2D eigenvalue weighted by Gasteiger charge is -2.29. The van der Waals surface area contributed by atoms with Crippen molar-refractivity contribution < 1.29 is 14.7 Å². The van der Waals surface area contributed by atoms with Crippen LogP contribution in [0, 0.1) is 0 Å². The fraction of sp³-hybridized carbons (Fsp3) is 0.160. The van der Waals surface area contributed by atoms with Crippen molar-refractivity contribution >= 4 is 29.1 Å². The van der Waals surface area contributed by atoms with E-state index in [1.54, 1.807) is 23.1 Å². The third kappa shape index (κ3) is 3.97. The number of fused-ring (bicyclic) bond motifs is 2. The fourth-order valence-electron chi connectivity index (χ4n) is 4.15. The lowest BCUT2D eigenvalue weighted by Crippen LogP contribution is -2.36. The smallest absolute Gasteiger partial charge is 0.335 e. The molecule has 2 aromatic heterocycles. The highest BCUT2D eigenvalue weighted by Gasteiger charge is 2.23. The van der Waals surface area contributed by atoms with Gasteiger partial charge in [-0.1, -0.05) is 29.8 Å². The molecule has 0 saturated carbocycles. The first-order valence-corrected chi connectivity index (χ1v) is 10.7. The Bertz CT molecular complexity index is 1360. The number of amides is 1. The van der Waals surface area contributed by atoms with Crippen LogP contribution < -0.4 is 0 Å². The number of benzene rings is 2. The summed E-state index contributed by atoms with van der Waals surface area (Å²) in [6.07, 6.45) is 5.11. The third-order valence-electron chi connectivity index (χ3n) is 5.78. The van der Waals surface area contributed by atoms with Gasteiger partial charge in [-0.2, -0.15) is 0 Å². The highest BCUT2D eigenvalue weighted by molar-refractivity contribution is 6.30. The van der Waals surface area contributed by atoms with Crippen LogP contribution in [-0.2, 0) is 19.4 Å². The number of carbonyl (C=O) groups is 2. The molecule has 4 aromatic rings. The van der Waals surface area contributed by atoms with Gasteiger partial charge in [-0.25, -0.2) is 9.78 Å². The van der Waals surface area contributed by atoms with Gasteiger partial charge in [0.25, 0.3) is 5.91 Å². The summed E-state index contributed by atoms with van der Waals surface area (Å²) in [5.41, 5.74) is 5.54. The van der Waals surface area contributed by atoms with Crippen LogP contribution in [0.2, 0.25) is 5.02 Å². The predicted molar refractivity (Wildman–Crippen MR) is 121 cm³/mol. The van der Waals surface area contributed by atoms with E-state index in [9.17, 15) is 14.7 Å². The minimum absolute atomic E-state index is 0.0557. The van der Waals surface area contributed by atoms with Crippen LogP contribution in [-0.4, -0.2) is 37.8 Å². The predicted octanol–water partition coefficient (Wildman–Crippen LogP) is 4.48. The van der Waals surface area contributed by atoms with E-state index < -0.39 is 5.97 Å². The molecule has 1 aliphatic rings. The molecule has 0 saturated heterocycles. The number of hydrogen-bond donors (Lipinski definition) is 1. The molecule has 1 N–H and O–H groups in total. The molecule has 160 valence electrons. The minimum atomic E-state index is -0.936.